The van der Waals surface area contributed by atoms with Crippen molar-refractivity contribution in [2.75, 3.05) is 39.6 Å². The number of carbonyl (C=O) groups is 1. The van der Waals surface area contributed by atoms with E-state index in [1.165, 1.54) is 0 Å². The zero-order chi connectivity index (χ0) is 13.9. The highest BCUT2D eigenvalue weighted by molar-refractivity contribution is 5.89. The van der Waals surface area contributed by atoms with E-state index >= 15 is 0 Å². The van der Waals surface area contributed by atoms with E-state index < -0.39 is 0 Å². The number of aliphatic hydroxyl groups is 1. The monoisotopic (exact) mass is 268 g/mol. The number of hydrogen-bond donors (Lipinski definition) is 1. The maximum Gasteiger partial charge on any atom is 0.338 e. The molecule has 0 bridgehead atoms. The third kappa shape index (κ3) is 6.91. The van der Waals surface area contributed by atoms with Crippen LogP contribution in [0.1, 0.15) is 15.9 Å². The Labute approximate surface area is 113 Å². The molecule has 0 atom stereocenters. The summed E-state index contributed by atoms with van der Waals surface area (Å²) in [5, 5.41) is 8.47. The van der Waals surface area contributed by atoms with Crippen LogP contribution in [-0.2, 0) is 14.2 Å². The quantitative estimate of drug-likeness (QED) is 0.538. The fraction of sp³-hybridized carbons (Fsp3) is 0.500. The molecule has 0 fully saturated rings. The Morgan fingerprint density at radius 1 is 1.00 bits per heavy atom. The summed E-state index contributed by atoms with van der Waals surface area (Å²) in [5.74, 6) is -0.347. The lowest BCUT2D eigenvalue weighted by molar-refractivity contribution is 0.00920. The second-order valence-electron chi connectivity index (χ2n) is 3.95. The first-order valence-electron chi connectivity index (χ1n) is 6.24. The van der Waals surface area contributed by atoms with Crippen molar-refractivity contribution in [3.05, 3.63) is 35.4 Å². The predicted molar refractivity (Wildman–Crippen MR) is 70.2 cm³/mol. The van der Waals surface area contributed by atoms with Crippen molar-refractivity contribution in [3.63, 3.8) is 0 Å². The topological polar surface area (TPSA) is 65.0 Å². The number of carbonyl (C=O) groups excluding carboxylic acids is 1. The van der Waals surface area contributed by atoms with Crippen LogP contribution in [0, 0.1) is 6.92 Å². The minimum atomic E-state index is -0.347. The molecule has 0 saturated carbocycles. The van der Waals surface area contributed by atoms with Gasteiger partial charge in [0.15, 0.2) is 0 Å². The average Bonchev–Trinajstić information content (AvgIpc) is 2.42. The maximum atomic E-state index is 11.6. The second kappa shape index (κ2) is 9.49. The lowest BCUT2D eigenvalue weighted by Gasteiger charge is -2.06. The molecular formula is C14H20O5. The standard InChI is InChI=1S/C14H20O5/c1-12-2-4-13(5-3-12)14(16)19-11-10-18-9-8-17-7-6-15/h2-5,15H,6-11H2,1H3. The summed E-state index contributed by atoms with van der Waals surface area (Å²) in [6, 6.07) is 7.21. The van der Waals surface area contributed by atoms with Crippen molar-refractivity contribution in [1.29, 1.82) is 0 Å². The first-order chi connectivity index (χ1) is 9.24. The van der Waals surface area contributed by atoms with Gasteiger partial charge in [-0.25, -0.2) is 4.79 Å². The molecule has 1 aromatic rings. The van der Waals surface area contributed by atoms with E-state index in [1.54, 1.807) is 12.1 Å². The van der Waals surface area contributed by atoms with E-state index in [0.29, 0.717) is 32.0 Å². The number of esters is 1. The molecule has 1 aromatic carbocycles. The number of aryl methyl sites for hydroxylation is 1. The van der Waals surface area contributed by atoms with Gasteiger partial charge in [0.1, 0.15) is 6.61 Å². The fourth-order valence-corrected chi connectivity index (χ4v) is 1.35. The van der Waals surface area contributed by atoms with Crippen LogP contribution >= 0.6 is 0 Å². The summed E-state index contributed by atoms with van der Waals surface area (Å²) >= 11 is 0. The minimum Gasteiger partial charge on any atom is -0.460 e. The van der Waals surface area contributed by atoms with Crippen LogP contribution in [-0.4, -0.2) is 50.7 Å². The Morgan fingerprint density at radius 3 is 2.21 bits per heavy atom. The van der Waals surface area contributed by atoms with E-state index in [2.05, 4.69) is 0 Å². The van der Waals surface area contributed by atoms with Gasteiger partial charge in [-0.1, -0.05) is 17.7 Å². The number of hydrogen-bond acceptors (Lipinski definition) is 5. The smallest absolute Gasteiger partial charge is 0.338 e. The Kier molecular flexibility index (Phi) is 7.81. The van der Waals surface area contributed by atoms with Gasteiger partial charge in [-0.15, -0.1) is 0 Å². The van der Waals surface area contributed by atoms with Gasteiger partial charge in [-0.3, -0.25) is 0 Å². The van der Waals surface area contributed by atoms with E-state index in [0.717, 1.165) is 5.56 Å². The van der Waals surface area contributed by atoms with Crippen molar-refractivity contribution < 1.29 is 24.1 Å². The normalized spacial score (nSPS) is 10.4. The first-order valence-corrected chi connectivity index (χ1v) is 6.24. The molecule has 0 aromatic heterocycles. The number of benzene rings is 1. The molecule has 0 heterocycles. The van der Waals surface area contributed by atoms with Crippen molar-refractivity contribution >= 4 is 5.97 Å². The molecule has 0 aliphatic carbocycles. The largest absolute Gasteiger partial charge is 0.460 e. The highest BCUT2D eigenvalue weighted by atomic mass is 16.6. The molecule has 0 saturated heterocycles. The molecule has 0 aliphatic heterocycles. The lowest BCUT2D eigenvalue weighted by Crippen LogP contribution is -2.13. The Hall–Kier alpha value is -1.43. The maximum absolute atomic E-state index is 11.6. The van der Waals surface area contributed by atoms with Gasteiger partial charge in [-0.05, 0) is 19.1 Å². The molecule has 5 nitrogen and oxygen atoms in total. The van der Waals surface area contributed by atoms with Gasteiger partial charge in [0.2, 0.25) is 0 Å². The van der Waals surface area contributed by atoms with Crippen LogP contribution in [0.5, 0.6) is 0 Å². The van der Waals surface area contributed by atoms with Crippen LogP contribution in [0.4, 0.5) is 0 Å². The van der Waals surface area contributed by atoms with Crippen molar-refractivity contribution in [2.24, 2.45) is 0 Å². The van der Waals surface area contributed by atoms with Crippen LogP contribution in [0.2, 0.25) is 0 Å². The molecule has 0 unspecified atom stereocenters. The van der Waals surface area contributed by atoms with Crippen molar-refractivity contribution in [3.8, 4) is 0 Å². The molecule has 19 heavy (non-hydrogen) atoms. The number of ether oxygens (including phenoxy) is 3. The Balaban J connectivity index is 2.06. The van der Waals surface area contributed by atoms with Gasteiger partial charge >= 0.3 is 5.97 Å². The number of aliphatic hydroxyl groups excluding tert-OH is 1. The Bertz CT molecular complexity index is 361. The van der Waals surface area contributed by atoms with Gasteiger partial charge in [0, 0.05) is 0 Å². The highest BCUT2D eigenvalue weighted by Crippen LogP contribution is 2.04. The SMILES string of the molecule is Cc1ccc(C(=O)OCCOCCOCCO)cc1. The second-order valence-corrected chi connectivity index (χ2v) is 3.95. The summed E-state index contributed by atoms with van der Waals surface area (Å²) < 4.78 is 15.3. The lowest BCUT2D eigenvalue weighted by atomic mass is 10.1. The fourth-order valence-electron chi connectivity index (χ4n) is 1.35. The van der Waals surface area contributed by atoms with Crippen molar-refractivity contribution in [2.45, 2.75) is 6.92 Å². The summed E-state index contributed by atoms with van der Waals surface area (Å²) in [7, 11) is 0. The molecule has 0 aliphatic rings. The zero-order valence-electron chi connectivity index (χ0n) is 11.1. The molecule has 0 radical (unpaired) electrons. The molecule has 0 spiro atoms. The van der Waals surface area contributed by atoms with Crippen LogP contribution in [0.15, 0.2) is 24.3 Å². The molecule has 0 amide bonds. The van der Waals surface area contributed by atoms with Gasteiger partial charge < -0.3 is 19.3 Å². The van der Waals surface area contributed by atoms with Crippen LogP contribution in [0.3, 0.4) is 0 Å². The number of rotatable bonds is 9. The minimum absolute atomic E-state index is 0.00810. The summed E-state index contributed by atoms with van der Waals surface area (Å²) in [6.07, 6.45) is 0. The van der Waals surface area contributed by atoms with E-state index in [4.69, 9.17) is 19.3 Å². The van der Waals surface area contributed by atoms with Gasteiger partial charge in [0.25, 0.3) is 0 Å². The average molecular weight is 268 g/mol. The highest BCUT2D eigenvalue weighted by Gasteiger charge is 2.05. The first kappa shape index (κ1) is 15.6. The third-order valence-corrected chi connectivity index (χ3v) is 2.36. The molecular weight excluding hydrogens is 248 g/mol. The zero-order valence-corrected chi connectivity index (χ0v) is 11.1. The van der Waals surface area contributed by atoms with E-state index in [9.17, 15) is 4.79 Å². The van der Waals surface area contributed by atoms with Crippen molar-refractivity contribution in [1.82, 2.24) is 0 Å². The van der Waals surface area contributed by atoms with Gasteiger partial charge in [-0.2, -0.15) is 0 Å². The predicted octanol–water partition coefficient (Wildman–Crippen LogP) is 1.18. The molecule has 106 valence electrons. The molecule has 1 N–H and O–H groups in total. The molecule has 5 heteroatoms. The van der Waals surface area contributed by atoms with E-state index in [-0.39, 0.29) is 19.2 Å². The van der Waals surface area contributed by atoms with Crippen LogP contribution < -0.4 is 0 Å². The Morgan fingerprint density at radius 2 is 1.58 bits per heavy atom. The summed E-state index contributed by atoms with van der Waals surface area (Å²) in [4.78, 5) is 11.6. The summed E-state index contributed by atoms with van der Waals surface area (Å²) in [5.41, 5.74) is 1.64. The van der Waals surface area contributed by atoms with E-state index in [1.807, 2.05) is 19.1 Å². The molecule has 1 rings (SSSR count). The third-order valence-electron chi connectivity index (χ3n) is 2.36. The van der Waals surface area contributed by atoms with Gasteiger partial charge in [0.05, 0.1) is 38.6 Å². The van der Waals surface area contributed by atoms with Crippen LogP contribution in [0.25, 0.3) is 0 Å². The summed E-state index contributed by atoms with van der Waals surface area (Å²) in [6.45, 7) is 3.67.